The van der Waals surface area contributed by atoms with Crippen molar-refractivity contribution in [2.75, 3.05) is 32.9 Å². The van der Waals surface area contributed by atoms with E-state index in [4.69, 9.17) is 4.74 Å². The van der Waals surface area contributed by atoms with Gasteiger partial charge in [-0.05, 0) is 12.1 Å². The molecule has 3 rings (SSSR count). The van der Waals surface area contributed by atoms with E-state index in [9.17, 15) is 8.42 Å². The molecule has 0 unspecified atom stereocenters. The third-order valence-corrected chi connectivity index (χ3v) is 7.24. The van der Waals surface area contributed by atoms with Crippen LogP contribution in [-0.4, -0.2) is 65.8 Å². The molecule has 0 aromatic carbocycles. The molecule has 0 N–H and O–H groups in total. The Bertz CT molecular complexity index is 600. The van der Waals surface area contributed by atoms with E-state index >= 15 is 0 Å². The summed E-state index contributed by atoms with van der Waals surface area (Å²) in [5, 5.41) is 0. The Morgan fingerprint density at radius 3 is 2.86 bits per heavy atom. The van der Waals surface area contributed by atoms with E-state index in [1.54, 1.807) is 26.5 Å². The molecule has 2 saturated heterocycles. The molecule has 1 aromatic rings. The molecule has 2 aliphatic rings. The van der Waals surface area contributed by atoms with Crippen molar-refractivity contribution in [3.05, 3.63) is 24.5 Å². The maximum Gasteiger partial charge on any atom is 0.281 e. The molecule has 116 valence electrons. The number of hydrogen-bond acceptors (Lipinski definition) is 5. The molecule has 3 heterocycles. The number of ether oxygens (including phenoxy) is 1. The zero-order chi connectivity index (χ0) is 15.1. The smallest absolute Gasteiger partial charge is 0.281 e. The van der Waals surface area contributed by atoms with E-state index in [1.165, 1.54) is 8.61 Å². The largest absolute Gasteiger partial charge is 0.488 e. The minimum atomic E-state index is -3.28. The fraction of sp³-hybridized carbons (Fsp3) is 0.615. The Kier molecular flexibility index (Phi) is 3.89. The van der Waals surface area contributed by atoms with Gasteiger partial charge in [0.1, 0.15) is 11.9 Å². The number of rotatable bonds is 4. The highest BCUT2D eigenvalue weighted by Crippen LogP contribution is 2.47. The minimum Gasteiger partial charge on any atom is -0.488 e. The van der Waals surface area contributed by atoms with Gasteiger partial charge < -0.3 is 4.74 Å². The lowest BCUT2D eigenvalue weighted by Crippen LogP contribution is -2.62. The fourth-order valence-corrected chi connectivity index (χ4v) is 5.67. The van der Waals surface area contributed by atoms with Crippen LogP contribution in [0.15, 0.2) is 24.5 Å². The van der Waals surface area contributed by atoms with Gasteiger partial charge in [0.2, 0.25) is 0 Å². The van der Waals surface area contributed by atoms with Crippen LogP contribution in [0.5, 0.6) is 5.75 Å². The van der Waals surface area contributed by atoms with Crippen LogP contribution in [0.2, 0.25) is 0 Å². The van der Waals surface area contributed by atoms with Crippen LogP contribution in [-0.2, 0) is 10.2 Å². The first kappa shape index (κ1) is 15.1. The van der Waals surface area contributed by atoms with Gasteiger partial charge in [-0.1, -0.05) is 0 Å². The number of thioether (sulfide) groups is 1. The van der Waals surface area contributed by atoms with Gasteiger partial charge in [-0.2, -0.15) is 17.0 Å². The third-order valence-electron chi connectivity index (χ3n) is 3.83. The predicted molar refractivity (Wildman–Crippen MR) is 82.6 cm³/mol. The summed E-state index contributed by atoms with van der Waals surface area (Å²) in [6.45, 7) is 1.15. The summed E-state index contributed by atoms with van der Waals surface area (Å²) in [4.78, 5) is 4.04. The van der Waals surface area contributed by atoms with E-state index in [2.05, 4.69) is 4.98 Å². The number of pyridine rings is 1. The molecule has 0 bridgehead atoms. The molecule has 0 amide bonds. The summed E-state index contributed by atoms with van der Waals surface area (Å²) in [6.07, 6.45) is 4.43. The molecular formula is C13H19N3O3S2. The van der Waals surface area contributed by atoms with Gasteiger partial charge in [0, 0.05) is 50.3 Å². The maximum atomic E-state index is 12.0. The molecule has 1 atom stereocenters. The number of hydrogen-bond donors (Lipinski definition) is 0. The van der Waals surface area contributed by atoms with Crippen molar-refractivity contribution in [2.24, 2.45) is 0 Å². The highest BCUT2D eigenvalue weighted by Gasteiger charge is 2.53. The van der Waals surface area contributed by atoms with Gasteiger partial charge in [0.05, 0.1) is 6.20 Å². The summed E-state index contributed by atoms with van der Waals surface area (Å²) in [5.41, 5.74) is 0. The van der Waals surface area contributed by atoms with Crippen molar-refractivity contribution in [1.29, 1.82) is 0 Å². The first-order valence-corrected chi connectivity index (χ1v) is 9.18. The molecule has 6 nitrogen and oxygen atoms in total. The Morgan fingerprint density at radius 1 is 1.48 bits per heavy atom. The summed E-state index contributed by atoms with van der Waals surface area (Å²) in [6, 6.07) is 3.74. The lowest BCUT2D eigenvalue weighted by Gasteiger charge is -2.46. The lowest BCUT2D eigenvalue weighted by atomic mass is 9.95. The SMILES string of the molecule is CN(C)S(=O)(=O)N1CC2(C[C@H](Oc3cccnc3)CS2)C1. The van der Waals surface area contributed by atoms with E-state index in [0.717, 1.165) is 17.9 Å². The van der Waals surface area contributed by atoms with Gasteiger partial charge in [-0.3, -0.25) is 4.98 Å². The van der Waals surface area contributed by atoms with Crippen LogP contribution in [0.4, 0.5) is 0 Å². The minimum absolute atomic E-state index is 0.0238. The molecule has 0 saturated carbocycles. The highest BCUT2D eigenvalue weighted by molar-refractivity contribution is 8.01. The van der Waals surface area contributed by atoms with Crippen LogP contribution in [0.25, 0.3) is 0 Å². The zero-order valence-corrected chi connectivity index (χ0v) is 13.7. The Labute approximate surface area is 129 Å². The molecular weight excluding hydrogens is 310 g/mol. The van der Waals surface area contributed by atoms with Crippen molar-refractivity contribution in [3.63, 3.8) is 0 Å². The second kappa shape index (κ2) is 5.42. The number of aromatic nitrogens is 1. The average Bonchev–Trinajstić information content (AvgIpc) is 2.82. The quantitative estimate of drug-likeness (QED) is 0.819. The maximum absolute atomic E-state index is 12.0. The molecule has 2 aliphatic heterocycles. The molecule has 1 spiro atoms. The molecule has 0 aliphatic carbocycles. The summed E-state index contributed by atoms with van der Waals surface area (Å²) < 4.78 is 32.8. The Balaban J connectivity index is 1.57. The van der Waals surface area contributed by atoms with Crippen LogP contribution >= 0.6 is 11.8 Å². The first-order chi connectivity index (χ1) is 9.91. The Morgan fingerprint density at radius 2 is 2.24 bits per heavy atom. The average molecular weight is 329 g/mol. The van der Waals surface area contributed by atoms with Crippen LogP contribution < -0.4 is 4.74 Å². The van der Waals surface area contributed by atoms with Gasteiger partial charge in [-0.15, -0.1) is 11.8 Å². The fourth-order valence-electron chi connectivity index (χ4n) is 2.70. The normalized spacial score (nSPS) is 25.2. The Hall–Kier alpha value is -0.830. The predicted octanol–water partition coefficient (Wildman–Crippen LogP) is 0.827. The molecule has 0 radical (unpaired) electrons. The summed E-state index contributed by atoms with van der Waals surface area (Å²) >= 11 is 1.82. The van der Waals surface area contributed by atoms with E-state index < -0.39 is 10.2 Å². The molecule has 8 heteroatoms. The highest BCUT2D eigenvalue weighted by atomic mass is 32.2. The summed E-state index contributed by atoms with van der Waals surface area (Å²) in [5.74, 6) is 1.67. The second-order valence-corrected chi connectivity index (χ2v) is 9.32. The van der Waals surface area contributed by atoms with Crippen molar-refractivity contribution in [3.8, 4) is 5.75 Å². The van der Waals surface area contributed by atoms with E-state index in [-0.39, 0.29) is 10.9 Å². The standard InChI is InChI=1S/C13H19N3O3S2/c1-15(2)21(17,18)16-9-13(10-16)6-12(8-20-13)19-11-4-3-5-14-7-11/h3-5,7,12H,6,8-10H2,1-2H3/t12-/m0/s1. The third kappa shape index (κ3) is 2.90. The topological polar surface area (TPSA) is 62.7 Å². The second-order valence-electron chi connectivity index (χ2n) is 5.68. The van der Waals surface area contributed by atoms with Gasteiger partial charge in [0.25, 0.3) is 10.2 Å². The number of nitrogens with zero attached hydrogens (tertiary/aromatic N) is 3. The summed E-state index contributed by atoms with van der Waals surface area (Å²) in [7, 11) is -0.146. The van der Waals surface area contributed by atoms with Gasteiger partial charge in [-0.25, -0.2) is 0 Å². The lowest BCUT2D eigenvalue weighted by molar-refractivity contribution is 0.155. The first-order valence-electron chi connectivity index (χ1n) is 6.80. The van der Waals surface area contributed by atoms with Crippen LogP contribution in [0.3, 0.4) is 0 Å². The monoisotopic (exact) mass is 329 g/mol. The van der Waals surface area contributed by atoms with Crippen molar-refractivity contribution < 1.29 is 13.2 Å². The molecule has 1 aromatic heterocycles. The van der Waals surface area contributed by atoms with Crippen molar-refractivity contribution >= 4 is 22.0 Å². The van der Waals surface area contributed by atoms with Gasteiger partial charge >= 0.3 is 0 Å². The zero-order valence-electron chi connectivity index (χ0n) is 12.1. The van der Waals surface area contributed by atoms with Gasteiger partial charge in [0.15, 0.2) is 0 Å². The van der Waals surface area contributed by atoms with Crippen LogP contribution in [0, 0.1) is 0 Å². The van der Waals surface area contributed by atoms with Crippen molar-refractivity contribution in [2.45, 2.75) is 17.3 Å². The van der Waals surface area contributed by atoms with E-state index in [1.807, 2.05) is 23.9 Å². The van der Waals surface area contributed by atoms with Crippen molar-refractivity contribution in [1.82, 2.24) is 13.6 Å². The van der Waals surface area contributed by atoms with E-state index in [0.29, 0.717) is 13.1 Å². The molecule has 2 fully saturated rings. The molecule has 21 heavy (non-hydrogen) atoms. The van der Waals surface area contributed by atoms with Crippen LogP contribution in [0.1, 0.15) is 6.42 Å².